The first kappa shape index (κ1) is 17.3. The number of carbonyl (C=O) groups is 1. The van der Waals surface area contributed by atoms with Gasteiger partial charge in [0.05, 0.1) is 0 Å². The van der Waals surface area contributed by atoms with Gasteiger partial charge in [-0.3, -0.25) is 4.79 Å². The van der Waals surface area contributed by atoms with Crippen molar-refractivity contribution >= 4 is 23.0 Å². The van der Waals surface area contributed by atoms with E-state index < -0.39 is 0 Å². The molecule has 132 valence electrons. The Bertz CT molecular complexity index is 688. The van der Waals surface area contributed by atoms with Crippen LogP contribution >= 0.6 is 0 Å². The average Bonchev–Trinajstić information content (AvgIpc) is 3.17. The summed E-state index contributed by atoms with van der Waals surface area (Å²) in [7, 11) is 0. The van der Waals surface area contributed by atoms with Crippen LogP contribution in [-0.2, 0) is 11.2 Å². The van der Waals surface area contributed by atoms with Crippen LogP contribution in [0.15, 0.2) is 48.5 Å². The Morgan fingerprint density at radius 2 is 1.60 bits per heavy atom. The molecule has 4 nitrogen and oxygen atoms in total. The van der Waals surface area contributed by atoms with Crippen molar-refractivity contribution in [1.29, 1.82) is 0 Å². The molecule has 0 spiro atoms. The molecule has 3 rings (SSSR count). The highest BCUT2D eigenvalue weighted by Crippen LogP contribution is 2.22. The third kappa shape index (κ3) is 4.53. The monoisotopic (exact) mass is 337 g/mol. The lowest BCUT2D eigenvalue weighted by atomic mass is 10.1. The molecule has 1 amide bonds. The van der Waals surface area contributed by atoms with E-state index in [2.05, 4.69) is 34.6 Å². The maximum Gasteiger partial charge on any atom is 0.246 e. The Labute approximate surface area is 150 Å². The highest BCUT2D eigenvalue weighted by molar-refractivity contribution is 5.96. The molecule has 1 aliphatic rings. The van der Waals surface area contributed by atoms with Gasteiger partial charge in [-0.25, -0.2) is 0 Å². The van der Waals surface area contributed by atoms with Crippen LogP contribution in [0.25, 0.3) is 0 Å². The summed E-state index contributed by atoms with van der Waals surface area (Å²) in [6.07, 6.45) is 3.55. The minimum atomic E-state index is -0.302. The lowest BCUT2D eigenvalue weighted by molar-refractivity contribution is -0.116. The quantitative estimate of drug-likeness (QED) is 0.826. The molecule has 0 saturated carbocycles. The van der Waals surface area contributed by atoms with Crippen molar-refractivity contribution in [3.05, 3.63) is 54.1 Å². The van der Waals surface area contributed by atoms with Gasteiger partial charge in [0.25, 0.3) is 0 Å². The Morgan fingerprint density at radius 3 is 2.20 bits per heavy atom. The average molecular weight is 337 g/mol. The molecule has 2 aromatic carbocycles. The fourth-order valence-electron chi connectivity index (χ4n) is 3.13. The van der Waals surface area contributed by atoms with Crippen molar-refractivity contribution in [3.8, 4) is 0 Å². The molecule has 4 heteroatoms. The zero-order valence-electron chi connectivity index (χ0n) is 15.1. The molecule has 0 unspecified atom stereocenters. The standard InChI is InChI=1S/C21H27N3O/c1-3-17-6-8-19(9-7-17)23-21(25)16(2)22-18-10-12-20(13-11-18)24-14-4-5-15-24/h6-13,16,22H,3-5,14-15H2,1-2H3,(H,23,25)/t16-/m0/s1. The number of anilines is 3. The second-order valence-corrected chi connectivity index (χ2v) is 6.65. The van der Waals surface area contributed by atoms with E-state index in [1.807, 2.05) is 43.3 Å². The number of nitrogens with zero attached hydrogens (tertiary/aromatic N) is 1. The van der Waals surface area contributed by atoms with Gasteiger partial charge in [-0.05, 0) is 68.1 Å². The van der Waals surface area contributed by atoms with Crippen molar-refractivity contribution in [1.82, 2.24) is 0 Å². The summed E-state index contributed by atoms with van der Waals surface area (Å²) in [6, 6.07) is 16.0. The molecule has 0 aromatic heterocycles. The molecule has 1 atom stereocenters. The summed E-state index contributed by atoms with van der Waals surface area (Å²) in [5.74, 6) is -0.0344. The van der Waals surface area contributed by atoms with E-state index in [0.29, 0.717) is 0 Å². The summed E-state index contributed by atoms with van der Waals surface area (Å²) in [6.45, 7) is 6.28. The topological polar surface area (TPSA) is 44.4 Å². The molecule has 2 N–H and O–H groups in total. The molecular formula is C21H27N3O. The van der Waals surface area contributed by atoms with Gasteiger partial charge < -0.3 is 15.5 Å². The summed E-state index contributed by atoms with van der Waals surface area (Å²) in [5.41, 5.74) is 4.32. The first-order valence-electron chi connectivity index (χ1n) is 9.17. The van der Waals surface area contributed by atoms with E-state index in [9.17, 15) is 4.79 Å². The second-order valence-electron chi connectivity index (χ2n) is 6.65. The van der Waals surface area contributed by atoms with E-state index >= 15 is 0 Å². The van der Waals surface area contributed by atoms with Crippen LogP contribution in [0, 0.1) is 0 Å². The van der Waals surface area contributed by atoms with Crippen LogP contribution in [0.3, 0.4) is 0 Å². The van der Waals surface area contributed by atoms with E-state index in [-0.39, 0.29) is 11.9 Å². The number of nitrogens with one attached hydrogen (secondary N) is 2. The predicted octanol–water partition coefficient (Wildman–Crippen LogP) is 4.29. The summed E-state index contributed by atoms with van der Waals surface area (Å²) in [4.78, 5) is 14.8. The highest BCUT2D eigenvalue weighted by Gasteiger charge is 2.14. The lowest BCUT2D eigenvalue weighted by Crippen LogP contribution is -2.31. The maximum atomic E-state index is 12.4. The van der Waals surface area contributed by atoms with Gasteiger partial charge >= 0.3 is 0 Å². The first-order chi connectivity index (χ1) is 12.2. The van der Waals surface area contributed by atoms with Crippen LogP contribution in [0.4, 0.5) is 17.1 Å². The fraction of sp³-hybridized carbons (Fsp3) is 0.381. The van der Waals surface area contributed by atoms with E-state index in [1.165, 1.54) is 24.1 Å². The minimum absolute atomic E-state index is 0.0344. The third-order valence-electron chi connectivity index (χ3n) is 4.74. The minimum Gasteiger partial charge on any atom is -0.374 e. The Morgan fingerprint density at radius 1 is 1.00 bits per heavy atom. The van der Waals surface area contributed by atoms with Gasteiger partial charge in [-0.2, -0.15) is 0 Å². The molecule has 1 saturated heterocycles. The van der Waals surface area contributed by atoms with Crippen molar-refractivity contribution in [2.24, 2.45) is 0 Å². The molecule has 0 bridgehead atoms. The van der Waals surface area contributed by atoms with E-state index in [4.69, 9.17) is 0 Å². The SMILES string of the molecule is CCc1ccc(NC(=O)[C@H](C)Nc2ccc(N3CCCC3)cc2)cc1. The van der Waals surface area contributed by atoms with Crippen LogP contribution < -0.4 is 15.5 Å². The number of amides is 1. The smallest absolute Gasteiger partial charge is 0.246 e. The van der Waals surface area contributed by atoms with Crippen molar-refractivity contribution in [3.63, 3.8) is 0 Å². The summed E-state index contributed by atoms with van der Waals surface area (Å²) in [5, 5.41) is 6.23. The first-order valence-corrected chi connectivity index (χ1v) is 9.17. The number of rotatable bonds is 6. The second kappa shape index (κ2) is 8.06. The number of hydrogen-bond donors (Lipinski definition) is 2. The Kier molecular flexibility index (Phi) is 5.59. The summed E-state index contributed by atoms with van der Waals surface area (Å²) >= 11 is 0. The van der Waals surface area contributed by atoms with Crippen molar-refractivity contribution < 1.29 is 4.79 Å². The predicted molar refractivity (Wildman–Crippen MR) is 105 cm³/mol. The van der Waals surface area contributed by atoms with Crippen molar-refractivity contribution in [2.75, 3.05) is 28.6 Å². The van der Waals surface area contributed by atoms with Crippen LogP contribution in [0.2, 0.25) is 0 Å². The highest BCUT2D eigenvalue weighted by atomic mass is 16.2. The molecule has 1 fully saturated rings. The molecule has 1 aliphatic heterocycles. The van der Waals surface area contributed by atoms with Crippen LogP contribution in [0.5, 0.6) is 0 Å². The molecule has 25 heavy (non-hydrogen) atoms. The maximum absolute atomic E-state index is 12.4. The normalized spacial score (nSPS) is 15.0. The molecule has 1 heterocycles. The fourth-order valence-corrected chi connectivity index (χ4v) is 3.13. The molecule has 0 aliphatic carbocycles. The van der Waals surface area contributed by atoms with Gasteiger partial charge in [0, 0.05) is 30.2 Å². The Hall–Kier alpha value is -2.49. The lowest BCUT2D eigenvalue weighted by Gasteiger charge is -2.19. The largest absolute Gasteiger partial charge is 0.374 e. The van der Waals surface area contributed by atoms with Crippen molar-refractivity contribution in [2.45, 2.75) is 39.2 Å². The van der Waals surface area contributed by atoms with Gasteiger partial charge in [0.15, 0.2) is 0 Å². The zero-order chi connectivity index (χ0) is 17.6. The zero-order valence-corrected chi connectivity index (χ0v) is 15.1. The van der Waals surface area contributed by atoms with Crippen LogP contribution in [-0.4, -0.2) is 25.0 Å². The number of carbonyl (C=O) groups excluding carboxylic acids is 1. The van der Waals surface area contributed by atoms with Gasteiger partial charge in [0.1, 0.15) is 6.04 Å². The van der Waals surface area contributed by atoms with E-state index in [0.717, 1.165) is 30.9 Å². The number of aryl methyl sites for hydroxylation is 1. The number of hydrogen-bond acceptors (Lipinski definition) is 3. The van der Waals surface area contributed by atoms with Gasteiger partial charge in [-0.1, -0.05) is 19.1 Å². The third-order valence-corrected chi connectivity index (χ3v) is 4.74. The Balaban J connectivity index is 1.55. The van der Waals surface area contributed by atoms with Crippen LogP contribution in [0.1, 0.15) is 32.3 Å². The van der Waals surface area contributed by atoms with E-state index in [1.54, 1.807) is 0 Å². The van der Waals surface area contributed by atoms with Gasteiger partial charge in [-0.15, -0.1) is 0 Å². The number of benzene rings is 2. The molecule has 2 aromatic rings. The molecular weight excluding hydrogens is 310 g/mol. The summed E-state index contributed by atoms with van der Waals surface area (Å²) < 4.78 is 0. The van der Waals surface area contributed by atoms with Gasteiger partial charge in [0.2, 0.25) is 5.91 Å². The molecule has 0 radical (unpaired) electrons.